The van der Waals surface area contributed by atoms with Crippen molar-refractivity contribution in [3.05, 3.63) is 18.5 Å². The van der Waals surface area contributed by atoms with Crippen LogP contribution in [0, 0.1) is 0 Å². The molecule has 1 aromatic heterocycles. The standard InChI is InChI=1S/C16H22ClF3N6O/c1-2-26(23-13(11-17)10-16(18,19)20)12-14(27)24-6-8-25(9-7-24)15-21-4-3-5-22-15/h3-5H,2,6-12H2,1H3/b23-13-. The fraction of sp³-hybridized carbons (Fsp3) is 0.625. The van der Waals surface area contributed by atoms with Crippen molar-refractivity contribution in [1.82, 2.24) is 19.9 Å². The van der Waals surface area contributed by atoms with Gasteiger partial charge in [-0.1, -0.05) is 0 Å². The fourth-order valence-corrected chi connectivity index (χ4v) is 2.77. The number of alkyl halides is 4. The Balaban J connectivity index is 1.90. The Kier molecular flexibility index (Phi) is 7.64. The normalized spacial score (nSPS) is 15.8. The highest BCUT2D eigenvalue weighted by molar-refractivity contribution is 6.28. The number of anilines is 1. The molecule has 11 heteroatoms. The summed E-state index contributed by atoms with van der Waals surface area (Å²) >= 11 is 5.56. The van der Waals surface area contributed by atoms with Gasteiger partial charge in [-0.25, -0.2) is 9.97 Å². The van der Waals surface area contributed by atoms with Gasteiger partial charge in [0.25, 0.3) is 0 Å². The molecule has 1 aromatic rings. The third kappa shape index (κ3) is 6.85. The van der Waals surface area contributed by atoms with Crippen LogP contribution in [0.25, 0.3) is 0 Å². The van der Waals surface area contributed by atoms with E-state index in [2.05, 4.69) is 15.1 Å². The second-order valence-corrected chi connectivity index (χ2v) is 6.26. The van der Waals surface area contributed by atoms with Gasteiger partial charge in [0.1, 0.15) is 6.54 Å². The second kappa shape index (κ2) is 9.72. The number of piperazine rings is 1. The number of halogens is 4. The molecule has 7 nitrogen and oxygen atoms in total. The Hall–Kier alpha value is -2.10. The van der Waals surface area contributed by atoms with Crippen LogP contribution in [0.3, 0.4) is 0 Å². The second-order valence-electron chi connectivity index (χ2n) is 5.99. The highest BCUT2D eigenvalue weighted by Gasteiger charge is 2.30. The van der Waals surface area contributed by atoms with Gasteiger partial charge in [-0.15, -0.1) is 11.6 Å². The van der Waals surface area contributed by atoms with Crippen LogP contribution in [-0.4, -0.2) is 82.8 Å². The number of aromatic nitrogens is 2. The van der Waals surface area contributed by atoms with Crippen LogP contribution in [0.1, 0.15) is 13.3 Å². The molecular weight excluding hydrogens is 385 g/mol. The summed E-state index contributed by atoms with van der Waals surface area (Å²) in [5.41, 5.74) is -0.204. The molecule has 0 atom stereocenters. The Morgan fingerprint density at radius 2 is 1.89 bits per heavy atom. The molecule has 1 aliphatic rings. The molecule has 0 radical (unpaired) electrons. The molecule has 1 aliphatic heterocycles. The van der Waals surface area contributed by atoms with Gasteiger partial charge in [-0.2, -0.15) is 18.3 Å². The fourth-order valence-electron chi connectivity index (χ4n) is 2.63. The molecule has 27 heavy (non-hydrogen) atoms. The summed E-state index contributed by atoms with van der Waals surface area (Å²) < 4.78 is 37.6. The molecule has 2 rings (SSSR count). The zero-order valence-electron chi connectivity index (χ0n) is 15.0. The first-order valence-electron chi connectivity index (χ1n) is 8.56. The van der Waals surface area contributed by atoms with Crippen LogP contribution in [0.2, 0.25) is 0 Å². The summed E-state index contributed by atoms with van der Waals surface area (Å²) in [4.78, 5) is 24.5. The lowest BCUT2D eigenvalue weighted by Crippen LogP contribution is -2.51. The van der Waals surface area contributed by atoms with Crippen molar-refractivity contribution >= 4 is 29.2 Å². The minimum atomic E-state index is -4.38. The SMILES string of the molecule is CCN(CC(=O)N1CCN(c2ncccn2)CC1)/N=C(\CCl)CC(F)(F)F. The quantitative estimate of drug-likeness (QED) is 0.393. The van der Waals surface area contributed by atoms with Gasteiger partial charge in [-0.3, -0.25) is 9.80 Å². The summed E-state index contributed by atoms with van der Waals surface area (Å²) in [5, 5.41) is 5.23. The maximum absolute atomic E-state index is 12.5. The highest BCUT2D eigenvalue weighted by Crippen LogP contribution is 2.21. The van der Waals surface area contributed by atoms with Crippen molar-refractivity contribution in [3.63, 3.8) is 0 Å². The van der Waals surface area contributed by atoms with Gasteiger partial charge in [0.15, 0.2) is 0 Å². The van der Waals surface area contributed by atoms with Gasteiger partial charge in [0.2, 0.25) is 11.9 Å². The Morgan fingerprint density at radius 1 is 1.26 bits per heavy atom. The van der Waals surface area contributed by atoms with Crippen LogP contribution < -0.4 is 4.90 Å². The third-order valence-corrected chi connectivity index (χ3v) is 4.30. The number of hydrazone groups is 1. The zero-order valence-corrected chi connectivity index (χ0v) is 15.7. The number of hydrogen-bond donors (Lipinski definition) is 0. The van der Waals surface area contributed by atoms with Crippen LogP contribution >= 0.6 is 11.6 Å². The average Bonchev–Trinajstić information content (AvgIpc) is 2.66. The third-order valence-electron chi connectivity index (χ3n) is 3.99. The van der Waals surface area contributed by atoms with E-state index in [1.807, 2.05) is 4.90 Å². The van der Waals surface area contributed by atoms with E-state index in [4.69, 9.17) is 11.6 Å². The first-order valence-corrected chi connectivity index (χ1v) is 9.09. The number of rotatable bonds is 7. The molecule has 1 amide bonds. The van der Waals surface area contributed by atoms with Crippen LogP contribution in [0.4, 0.5) is 19.1 Å². The lowest BCUT2D eigenvalue weighted by atomic mass is 10.3. The molecule has 0 unspecified atom stereocenters. The van der Waals surface area contributed by atoms with Crippen molar-refractivity contribution in [2.45, 2.75) is 19.5 Å². The summed E-state index contributed by atoms with van der Waals surface area (Å²) in [5.74, 6) is 0.0957. The molecule has 0 N–H and O–H groups in total. The Labute approximate surface area is 160 Å². The van der Waals surface area contributed by atoms with E-state index in [1.165, 1.54) is 5.01 Å². The maximum Gasteiger partial charge on any atom is 0.394 e. The van der Waals surface area contributed by atoms with Crippen molar-refractivity contribution in [2.75, 3.05) is 50.0 Å². The molecule has 0 bridgehead atoms. The number of carbonyl (C=O) groups is 1. The van der Waals surface area contributed by atoms with Gasteiger partial charge in [0, 0.05) is 45.1 Å². The predicted molar refractivity (Wildman–Crippen MR) is 96.9 cm³/mol. The Morgan fingerprint density at radius 3 is 2.41 bits per heavy atom. The van der Waals surface area contributed by atoms with Crippen molar-refractivity contribution in [2.24, 2.45) is 5.10 Å². The minimum absolute atomic E-state index is 0.0867. The molecule has 1 saturated heterocycles. The summed E-state index contributed by atoms with van der Waals surface area (Å²) in [7, 11) is 0. The number of carbonyl (C=O) groups excluding carboxylic acids is 1. The molecule has 150 valence electrons. The molecule has 2 heterocycles. The number of likely N-dealkylation sites (N-methyl/N-ethyl adjacent to an activating group) is 1. The molecule has 0 spiro atoms. The highest BCUT2D eigenvalue weighted by atomic mass is 35.5. The lowest BCUT2D eigenvalue weighted by Gasteiger charge is -2.35. The lowest BCUT2D eigenvalue weighted by molar-refractivity contribution is -0.132. The van der Waals surface area contributed by atoms with Gasteiger partial charge in [-0.05, 0) is 13.0 Å². The molecule has 0 aliphatic carbocycles. The van der Waals surface area contributed by atoms with E-state index in [0.29, 0.717) is 38.7 Å². The van der Waals surface area contributed by atoms with Crippen molar-refractivity contribution in [1.29, 1.82) is 0 Å². The minimum Gasteiger partial charge on any atom is -0.338 e. The summed E-state index contributed by atoms with van der Waals surface area (Å²) in [6, 6.07) is 1.73. The van der Waals surface area contributed by atoms with E-state index in [1.54, 1.807) is 30.3 Å². The molecule has 0 aromatic carbocycles. The van der Waals surface area contributed by atoms with E-state index in [-0.39, 0.29) is 24.0 Å². The number of nitrogens with zero attached hydrogens (tertiary/aromatic N) is 6. The number of amides is 1. The first-order chi connectivity index (χ1) is 12.8. The van der Waals surface area contributed by atoms with E-state index < -0.39 is 12.6 Å². The van der Waals surface area contributed by atoms with Crippen molar-refractivity contribution < 1.29 is 18.0 Å². The van der Waals surface area contributed by atoms with E-state index in [0.717, 1.165) is 0 Å². The van der Waals surface area contributed by atoms with Gasteiger partial charge < -0.3 is 9.80 Å². The molecule has 1 fully saturated rings. The number of hydrogen-bond acceptors (Lipinski definition) is 6. The van der Waals surface area contributed by atoms with E-state index in [9.17, 15) is 18.0 Å². The Bertz CT molecular complexity index is 635. The topological polar surface area (TPSA) is 64.9 Å². The molecule has 0 saturated carbocycles. The van der Waals surface area contributed by atoms with Crippen LogP contribution in [-0.2, 0) is 4.79 Å². The van der Waals surface area contributed by atoms with Gasteiger partial charge >= 0.3 is 6.18 Å². The smallest absolute Gasteiger partial charge is 0.338 e. The molecular formula is C16H22ClF3N6O. The average molecular weight is 407 g/mol. The van der Waals surface area contributed by atoms with Gasteiger partial charge in [0.05, 0.1) is 18.0 Å². The first kappa shape index (κ1) is 21.2. The zero-order chi connectivity index (χ0) is 19.9. The monoisotopic (exact) mass is 406 g/mol. The maximum atomic E-state index is 12.5. The summed E-state index contributed by atoms with van der Waals surface area (Å²) in [6.45, 7) is 4.10. The predicted octanol–water partition coefficient (Wildman–Crippen LogP) is 1.99. The van der Waals surface area contributed by atoms with Crippen LogP contribution in [0.15, 0.2) is 23.6 Å². The van der Waals surface area contributed by atoms with Crippen molar-refractivity contribution in [3.8, 4) is 0 Å². The summed E-state index contributed by atoms with van der Waals surface area (Å²) in [6.07, 6.45) is -2.25. The van der Waals surface area contributed by atoms with E-state index >= 15 is 0 Å². The largest absolute Gasteiger partial charge is 0.394 e. The van der Waals surface area contributed by atoms with Crippen LogP contribution in [0.5, 0.6) is 0 Å².